The molecule has 0 saturated carbocycles. The highest BCUT2D eigenvalue weighted by Gasteiger charge is 2.25. The van der Waals surface area contributed by atoms with E-state index in [4.69, 9.17) is 4.74 Å². The van der Waals surface area contributed by atoms with Crippen molar-refractivity contribution in [3.8, 4) is 0 Å². The van der Waals surface area contributed by atoms with E-state index in [2.05, 4.69) is 9.80 Å². The molecule has 5 heteroatoms. The zero-order chi connectivity index (χ0) is 15.3. The van der Waals surface area contributed by atoms with Crippen LogP contribution in [0.2, 0.25) is 0 Å². The van der Waals surface area contributed by atoms with Gasteiger partial charge < -0.3 is 14.5 Å². The van der Waals surface area contributed by atoms with E-state index in [1.807, 2.05) is 25.7 Å². The summed E-state index contributed by atoms with van der Waals surface area (Å²) in [6.45, 7) is 14.1. The highest BCUT2D eigenvalue weighted by Crippen LogP contribution is 2.12. The Morgan fingerprint density at radius 1 is 0.857 bits per heavy atom. The number of carbonyl (C=O) groups excluding carboxylic acids is 1. The summed E-state index contributed by atoms with van der Waals surface area (Å²) >= 11 is 0. The zero-order valence-corrected chi connectivity index (χ0v) is 13.9. The molecule has 0 aromatic heterocycles. The molecule has 0 bridgehead atoms. The van der Waals surface area contributed by atoms with Crippen LogP contribution >= 0.6 is 0 Å². The number of amides is 1. The fraction of sp³-hybridized carbons (Fsp3) is 0.938. The van der Waals surface area contributed by atoms with Gasteiger partial charge in [0.15, 0.2) is 0 Å². The minimum Gasteiger partial charge on any atom is -0.444 e. The normalized spacial score (nSPS) is 22.3. The average molecular weight is 297 g/mol. The first-order valence-corrected chi connectivity index (χ1v) is 8.37. The molecule has 2 fully saturated rings. The van der Waals surface area contributed by atoms with Crippen molar-refractivity contribution in [2.24, 2.45) is 0 Å². The predicted molar refractivity (Wildman–Crippen MR) is 84.5 cm³/mol. The van der Waals surface area contributed by atoms with E-state index >= 15 is 0 Å². The molecule has 2 heterocycles. The van der Waals surface area contributed by atoms with Crippen LogP contribution in [0.5, 0.6) is 0 Å². The Morgan fingerprint density at radius 3 is 1.90 bits per heavy atom. The number of piperidine rings is 1. The Balaban J connectivity index is 1.64. The molecule has 5 nitrogen and oxygen atoms in total. The first-order valence-electron chi connectivity index (χ1n) is 8.37. The summed E-state index contributed by atoms with van der Waals surface area (Å²) in [6.07, 6.45) is 3.93. The molecular weight excluding hydrogens is 266 g/mol. The number of carbonyl (C=O) groups is 1. The summed E-state index contributed by atoms with van der Waals surface area (Å²) in [4.78, 5) is 18.9. The molecule has 2 saturated heterocycles. The highest BCUT2D eigenvalue weighted by molar-refractivity contribution is 5.68. The molecule has 2 aliphatic rings. The van der Waals surface area contributed by atoms with Crippen LogP contribution in [0.1, 0.15) is 40.0 Å². The van der Waals surface area contributed by atoms with Crippen LogP contribution in [0.15, 0.2) is 0 Å². The van der Waals surface area contributed by atoms with E-state index in [1.165, 1.54) is 38.9 Å². The Bertz CT molecular complexity index is 327. The van der Waals surface area contributed by atoms with Crippen molar-refractivity contribution in [3.63, 3.8) is 0 Å². The summed E-state index contributed by atoms with van der Waals surface area (Å²) in [5, 5.41) is 0. The van der Waals surface area contributed by atoms with Crippen LogP contribution < -0.4 is 0 Å². The van der Waals surface area contributed by atoms with E-state index in [1.54, 1.807) is 0 Å². The minimum absolute atomic E-state index is 0.168. The highest BCUT2D eigenvalue weighted by atomic mass is 16.6. The second-order valence-electron chi connectivity index (χ2n) is 7.21. The van der Waals surface area contributed by atoms with Crippen molar-refractivity contribution in [1.82, 2.24) is 14.7 Å². The number of rotatable bonds is 3. The molecule has 0 aromatic rings. The number of ether oxygens (including phenoxy) is 1. The largest absolute Gasteiger partial charge is 0.444 e. The summed E-state index contributed by atoms with van der Waals surface area (Å²) in [5.74, 6) is 0. The van der Waals surface area contributed by atoms with Gasteiger partial charge in [-0.3, -0.25) is 4.90 Å². The van der Waals surface area contributed by atoms with Crippen molar-refractivity contribution in [2.45, 2.75) is 45.6 Å². The van der Waals surface area contributed by atoms with E-state index in [9.17, 15) is 4.79 Å². The van der Waals surface area contributed by atoms with Gasteiger partial charge in [0, 0.05) is 39.3 Å². The molecule has 2 aliphatic heterocycles. The third-order valence-electron chi connectivity index (χ3n) is 4.21. The second-order valence-corrected chi connectivity index (χ2v) is 7.21. The zero-order valence-electron chi connectivity index (χ0n) is 13.9. The molecule has 0 N–H and O–H groups in total. The fourth-order valence-corrected chi connectivity index (χ4v) is 2.95. The van der Waals surface area contributed by atoms with E-state index in [0.29, 0.717) is 0 Å². The van der Waals surface area contributed by atoms with Crippen molar-refractivity contribution in [1.29, 1.82) is 0 Å². The fourth-order valence-electron chi connectivity index (χ4n) is 2.95. The monoisotopic (exact) mass is 297 g/mol. The Labute approximate surface area is 129 Å². The third kappa shape index (κ3) is 5.83. The van der Waals surface area contributed by atoms with Gasteiger partial charge in [-0.2, -0.15) is 0 Å². The molecule has 0 spiro atoms. The molecule has 0 aliphatic carbocycles. The van der Waals surface area contributed by atoms with Gasteiger partial charge in [-0.25, -0.2) is 4.79 Å². The lowest BCUT2D eigenvalue weighted by atomic mass is 10.1. The quantitative estimate of drug-likeness (QED) is 0.798. The molecule has 1 amide bonds. The molecule has 0 unspecified atom stereocenters. The second kappa shape index (κ2) is 7.45. The lowest BCUT2D eigenvalue weighted by Gasteiger charge is -2.36. The predicted octanol–water partition coefficient (Wildman–Crippen LogP) is 2.02. The van der Waals surface area contributed by atoms with Crippen LogP contribution in [-0.4, -0.2) is 78.8 Å². The third-order valence-corrected chi connectivity index (χ3v) is 4.21. The Morgan fingerprint density at radius 2 is 1.38 bits per heavy atom. The van der Waals surface area contributed by atoms with Gasteiger partial charge in [-0.1, -0.05) is 6.42 Å². The smallest absolute Gasteiger partial charge is 0.410 e. The van der Waals surface area contributed by atoms with Gasteiger partial charge >= 0.3 is 6.09 Å². The van der Waals surface area contributed by atoms with Crippen molar-refractivity contribution in [2.75, 3.05) is 52.4 Å². The van der Waals surface area contributed by atoms with Crippen LogP contribution in [-0.2, 0) is 4.74 Å². The summed E-state index contributed by atoms with van der Waals surface area (Å²) in [5.41, 5.74) is -0.400. The Hall–Kier alpha value is -0.810. The van der Waals surface area contributed by atoms with Gasteiger partial charge in [0.25, 0.3) is 0 Å². The van der Waals surface area contributed by atoms with Crippen LogP contribution in [0.25, 0.3) is 0 Å². The van der Waals surface area contributed by atoms with Crippen LogP contribution in [0.4, 0.5) is 4.79 Å². The van der Waals surface area contributed by atoms with Gasteiger partial charge in [-0.15, -0.1) is 0 Å². The molecule has 122 valence electrons. The maximum absolute atomic E-state index is 12.0. The van der Waals surface area contributed by atoms with Gasteiger partial charge in [0.2, 0.25) is 0 Å². The maximum Gasteiger partial charge on any atom is 0.410 e. The molecule has 21 heavy (non-hydrogen) atoms. The van der Waals surface area contributed by atoms with E-state index in [0.717, 1.165) is 32.7 Å². The first kappa shape index (κ1) is 16.6. The van der Waals surface area contributed by atoms with Crippen molar-refractivity contribution >= 4 is 6.09 Å². The molecule has 0 radical (unpaired) electrons. The number of likely N-dealkylation sites (tertiary alicyclic amines) is 1. The Kier molecular flexibility index (Phi) is 5.88. The molecule has 2 rings (SSSR count). The maximum atomic E-state index is 12.0. The van der Waals surface area contributed by atoms with E-state index in [-0.39, 0.29) is 6.09 Å². The lowest BCUT2D eigenvalue weighted by molar-refractivity contribution is 0.0137. The summed E-state index contributed by atoms with van der Waals surface area (Å²) in [7, 11) is 0. The standard InChI is InChI=1S/C16H31N3O2/c1-16(2,3)21-15(20)19-13-11-18(12-14-19)10-9-17-7-5-4-6-8-17/h4-14H2,1-3H3. The van der Waals surface area contributed by atoms with Crippen LogP contribution in [0.3, 0.4) is 0 Å². The number of piperazine rings is 1. The number of nitrogens with zero attached hydrogens (tertiary/aromatic N) is 3. The minimum atomic E-state index is -0.400. The van der Waals surface area contributed by atoms with Crippen LogP contribution in [0, 0.1) is 0 Å². The van der Waals surface area contributed by atoms with Gasteiger partial charge in [0.1, 0.15) is 5.60 Å². The summed E-state index contributed by atoms with van der Waals surface area (Å²) in [6, 6.07) is 0. The van der Waals surface area contributed by atoms with Crippen molar-refractivity contribution < 1.29 is 9.53 Å². The first-order chi connectivity index (χ1) is 9.94. The molecule has 0 atom stereocenters. The lowest BCUT2D eigenvalue weighted by Crippen LogP contribution is -2.51. The van der Waals surface area contributed by atoms with Gasteiger partial charge in [0.05, 0.1) is 0 Å². The number of hydrogen-bond donors (Lipinski definition) is 0. The summed E-state index contributed by atoms with van der Waals surface area (Å²) < 4.78 is 5.43. The van der Waals surface area contributed by atoms with E-state index < -0.39 is 5.60 Å². The van der Waals surface area contributed by atoms with Crippen molar-refractivity contribution in [3.05, 3.63) is 0 Å². The SMILES string of the molecule is CC(C)(C)OC(=O)N1CCN(CCN2CCCCC2)CC1. The number of hydrogen-bond acceptors (Lipinski definition) is 4. The molecule has 0 aromatic carbocycles. The van der Waals surface area contributed by atoms with Gasteiger partial charge in [-0.05, 0) is 46.7 Å². The topological polar surface area (TPSA) is 36.0 Å². The molecular formula is C16H31N3O2. The average Bonchev–Trinajstić information content (AvgIpc) is 2.45.